The Balaban J connectivity index is 1.53. The average Bonchev–Trinajstić information content (AvgIpc) is 3.55. The fourth-order valence-corrected chi connectivity index (χ4v) is 8.83. The molecule has 0 bridgehead atoms. The standard InChI is InChI=1S/C35H45N5O5S/c1-5-6-16-30-37-35(19-9-10-20-35)34(41)39(30)22-27-13-11-15-29(28-14-8-7-12-26(28)21-36-3)32(27)46(42,43)40(23-44-4)33-31(25-17-18-25)24(2)45-38-33/h7-8,11-15,25,36H,5-6,9-10,16-23H2,1-4H3. The minimum Gasteiger partial charge on any atom is -0.363 e. The number of nitrogens with one attached hydrogen (secondary N) is 1. The van der Waals surface area contributed by atoms with Crippen molar-refractivity contribution in [3.05, 3.63) is 64.9 Å². The molecule has 1 amide bonds. The Labute approximate surface area is 272 Å². The molecule has 0 atom stereocenters. The van der Waals surface area contributed by atoms with Crippen molar-refractivity contribution in [2.24, 2.45) is 4.99 Å². The van der Waals surface area contributed by atoms with Crippen LogP contribution in [-0.2, 0) is 32.6 Å². The van der Waals surface area contributed by atoms with Crippen LogP contribution in [-0.4, -0.2) is 56.6 Å². The minimum atomic E-state index is -4.31. The first-order valence-electron chi connectivity index (χ1n) is 16.5. The third kappa shape index (κ3) is 5.89. The Hall–Kier alpha value is -3.54. The van der Waals surface area contributed by atoms with E-state index in [4.69, 9.17) is 14.3 Å². The number of anilines is 1. The molecule has 3 aromatic rings. The number of nitrogens with zero attached hydrogens (tertiary/aromatic N) is 4. The lowest BCUT2D eigenvalue weighted by Gasteiger charge is -2.28. The van der Waals surface area contributed by atoms with Gasteiger partial charge in [0, 0.05) is 31.2 Å². The molecule has 2 aliphatic carbocycles. The number of aliphatic imine (C=N–C) groups is 1. The van der Waals surface area contributed by atoms with Crippen molar-refractivity contribution in [1.29, 1.82) is 0 Å². The average molecular weight is 648 g/mol. The lowest BCUT2D eigenvalue weighted by Crippen LogP contribution is -2.41. The maximum atomic E-state index is 15.2. The van der Waals surface area contributed by atoms with Crippen LogP contribution in [0.4, 0.5) is 5.82 Å². The summed E-state index contributed by atoms with van der Waals surface area (Å²) in [7, 11) is -0.964. The minimum absolute atomic E-state index is 0.0164. The Morgan fingerprint density at radius 2 is 1.80 bits per heavy atom. The highest BCUT2D eigenvalue weighted by molar-refractivity contribution is 7.93. The first-order valence-corrected chi connectivity index (χ1v) is 17.9. The number of methoxy groups -OCH3 is 1. The molecule has 2 aromatic carbocycles. The van der Waals surface area contributed by atoms with Crippen LogP contribution in [0, 0.1) is 6.92 Å². The van der Waals surface area contributed by atoms with Gasteiger partial charge in [0.1, 0.15) is 28.8 Å². The molecule has 2 fully saturated rings. The molecule has 11 heteroatoms. The maximum absolute atomic E-state index is 15.2. The van der Waals surface area contributed by atoms with Gasteiger partial charge in [0.05, 0.1) is 6.54 Å². The SMILES string of the molecule is CCCCC1=NC2(CCCC2)C(=O)N1Cc1cccc(-c2ccccc2CNC)c1S(=O)(=O)N(COC)c1noc(C)c1C1CC1. The molecule has 1 aliphatic heterocycles. The fourth-order valence-electron chi connectivity index (χ4n) is 7.08. The molecule has 10 nitrogen and oxygen atoms in total. The second-order valence-corrected chi connectivity index (χ2v) is 14.6. The van der Waals surface area contributed by atoms with E-state index in [1.165, 1.54) is 11.4 Å². The second kappa shape index (κ2) is 13.3. The molecule has 3 aliphatic rings. The second-order valence-electron chi connectivity index (χ2n) is 12.8. The summed E-state index contributed by atoms with van der Waals surface area (Å²) in [6.07, 6.45) is 7.85. The van der Waals surface area contributed by atoms with Gasteiger partial charge in [-0.15, -0.1) is 0 Å². The van der Waals surface area contributed by atoms with Gasteiger partial charge in [0.2, 0.25) is 0 Å². The van der Waals surface area contributed by atoms with Crippen LogP contribution in [0.5, 0.6) is 0 Å². The Morgan fingerprint density at radius 3 is 2.50 bits per heavy atom. The number of ether oxygens (including phenoxy) is 1. The van der Waals surface area contributed by atoms with Crippen molar-refractivity contribution in [2.75, 3.05) is 25.2 Å². The molecular weight excluding hydrogens is 602 g/mol. The number of hydrogen-bond donors (Lipinski definition) is 1. The van der Waals surface area contributed by atoms with Gasteiger partial charge < -0.3 is 14.6 Å². The van der Waals surface area contributed by atoms with Gasteiger partial charge >= 0.3 is 0 Å². The van der Waals surface area contributed by atoms with Gasteiger partial charge in [-0.1, -0.05) is 73.8 Å². The highest BCUT2D eigenvalue weighted by Crippen LogP contribution is 2.47. The summed E-state index contributed by atoms with van der Waals surface area (Å²) < 4.78 is 42.7. The van der Waals surface area contributed by atoms with Gasteiger partial charge in [0.25, 0.3) is 15.9 Å². The number of amidine groups is 1. The number of amides is 1. The Morgan fingerprint density at radius 1 is 1.09 bits per heavy atom. The number of rotatable bonds is 14. The number of unbranched alkanes of at least 4 members (excludes halogenated alkanes) is 1. The van der Waals surface area contributed by atoms with Gasteiger partial charge in [-0.05, 0) is 68.7 Å². The summed E-state index contributed by atoms with van der Waals surface area (Å²) in [4.78, 5) is 21.1. The Bertz CT molecular complexity index is 1720. The monoisotopic (exact) mass is 647 g/mol. The zero-order valence-corrected chi connectivity index (χ0v) is 28.2. The molecule has 46 heavy (non-hydrogen) atoms. The summed E-state index contributed by atoms with van der Waals surface area (Å²) in [5.41, 5.74) is 2.93. The molecule has 1 spiro atoms. The van der Waals surface area contributed by atoms with Crippen molar-refractivity contribution < 1.29 is 22.5 Å². The van der Waals surface area contributed by atoms with Crippen LogP contribution in [0.2, 0.25) is 0 Å². The molecule has 0 unspecified atom stereocenters. The zero-order valence-electron chi connectivity index (χ0n) is 27.3. The molecular formula is C35H45N5O5S. The number of aryl methyl sites for hydroxylation is 1. The van der Waals surface area contributed by atoms with Crippen molar-refractivity contribution >= 4 is 27.6 Å². The van der Waals surface area contributed by atoms with Crippen LogP contribution in [0.1, 0.15) is 93.1 Å². The smallest absolute Gasteiger partial charge is 0.268 e. The van der Waals surface area contributed by atoms with Crippen LogP contribution < -0.4 is 9.62 Å². The van der Waals surface area contributed by atoms with E-state index < -0.39 is 15.6 Å². The number of benzene rings is 2. The van der Waals surface area contributed by atoms with E-state index in [0.29, 0.717) is 29.9 Å². The van der Waals surface area contributed by atoms with E-state index in [1.54, 1.807) is 4.90 Å². The maximum Gasteiger partial charge on any atom is 0.268 e. The van der Waals surface area contributed by atoms with Crippen LogP contribution in [0.25, 0.3) is 11.1 Å². The third-order valence-electron chi connectivity index (χ3n) is 9.49. The zero-order chi connectivity index (χ0) is 32.5. The van der Waals surface area contributed by atoms with Crippen molar-refractivity contribution in [2.45, 2.75) is 101 Å². The summed E-state index contributed by atoms with van der Waals surface area (Å²) >= 11 is 0. The van der Waals surface area contributed by atoms with E-state index in [9.17, 15) is 4.79 Å². The van der Waals surface area contributed by atoms with E-state index in [-0.39, 0.29) is 35.8 Å². The predicted octanol–water partition coefficient (Wildman–Crippen LogP) is 6.29. The number of carbonyl (C=O) groups excluding carboxylic acids is 1. The largest absolute Gasteiger partial charge is 0.363 e. The van der Waals surface area contributed by atoms with Crippen molar-refractivity contribution in [3.63, 3.8) is 0 Å². The first kappa shape index (κ1) is 32.4. The van der Waals surface area contributed by atoms with Crippen LogP contribution in [0.15, 0.2) is 56.9 Å². The van der Waals surface area contributed by atoms with Crippen molar-refractivity contribution in [3.8, 4) is 11.1 Å². The number of hydrogen-bond acceptors (Lipinski definition) is 8. The lowest BCUT2D eigenvalue weighted by atomic mass is 9.96. The molecule has 1 N–H and O–H groups in total. The van der Waals surface area contributed by atoms with E-state index in [1.807, 2.05) is 56.4 Å². The molecule has 6 rings (SSSR count). The van der Waals surface area contributed by atoms with Gasteiger partial charge in [0.15, 0.2) is 5.82 Å². The highest BCUT2D eigenvalue weighted by Gasteiger charge is 2.50. The first-order chi connectivity index (χ1) is 22.3. The lowest BCUT2D eigenvalue weighted by molar-refractivity contribution is -0.131. The molecule has 246 valence electrons. The van der Waals surface area contributed by atoms with Gasteiger partial charge in [-0.2, -0.15) is 0 Å². The van der Waals surface area contributed by atoms with E-state index in [2.05, 4.69) is 17.4 Å². The molecule has 0 saturated heterocycles. The summed E-state index contributed by atoms with van der Waals surface area (Å²) in [5, 5.41) is 7.49. The van der Waals surface area contributed by atoms with E-state index in [0.717, 1.165) is 73.9 Å². The number of carbonyl (C=O) groups is 1. The number of sulfonamides is 1. The van der Waals surface area contributed by atoms with E-state index >= 15 is 8.42 Å². The number of aromatic nitrogens is 1. The van der Waals surface area contributed by atoms with Gasteiger partial charge in [-0.25, -0.2) is 12.7 Å². The molecule has 2 saturated carbocycles. The fraction of sp³-hybridized carbons (Fsp3) is 0.514. The normalized spacial score (nSPS) is 17.7. The molecule has 1 aromatic heterocycles. The quantitative estimate of drug-likeness (QED) is 0.204. The topological polar surface area (TPSA) is 117 Å². The Kier molecular flexibility index (Phi) is 9.36. The molecule has 0 radical (unpaired) electrons. The van der Waals surface area contributed by atoms with Gasteiger partial charge in [-0.3, -0.25) is 14.7 Å². The predicted molar refractivity (Wildman–Crippen MR) is 178 cm³/mol. The summed E-state index contributed by atoms with van der Waals surface area (Å²) in [5.74, 6) is 1.82. The van der Waals surface area contributed by atoms with Crippen LogP contribution in [0.3, 0.4) is 0 Å². The highest BCUT2D eigenvalue weighted by atomic mass is 32.2. The summed E-state index contributed by atoms with van der Waals surface area (Å²) in [6.45, 7) is 4.36. The molecule has 2 heterocycles. The van der Waals surface area contributed by atoms with Crippen molar-refractivity contribution in [1.82, 2.24) is 15.4 Å². The summed E-state index contributed by atoms with van der Waals surface area (Å²) in [6, 6.07) is 13.4. The third-order valence-corrected chi connectivity index (χ3v) is 11.3. The van der Waals surface area contributed by atoms with Crippen LogP contribution >= 0.6 is 0 Å².